The monoisotopic (exact) mass is 288 g/mol. The van der Waals surface area contributed by atoms with E-state index in [0.717, 1.165) is 10.0 Å². The highest BCUT2D eigenvalue weighted by Crippen LogP contribution is 2.27. The van der Waals surface area contributed by atoms with Crippen LogP contribution in [0.15, 0.2) is 10.5 Å². The van der Waals surface area contributed by atoms with Gasteiger partial charge in [0.15, 0.2) is 0 Å². The lowest BCUT2D eigenvalue weighted by Crippen LogP contribution is -2.14. The summed E-state index contributed by atoms with van der Waals surface area (Å²) in [6, 6.07) is 1.71. The summed E-state index contributed by atoms with van der Waals surface area (Å²) in [4.78, 5) is 10.8. The van der Waals surface area contributed by atoms with Crippen molar-refractivity contribution in [2.75, 3.05) is 0 Å². The number of benzene rings is 1. The van der Waals surface area contributed by atoms with Crippen LogP contribution in [-0.2, 0) is 11.2 Å². The Hall–Kier alpha value is -0.900. The molecule has 0 spiro atoms. The second kappa shape index (κ2) is 4.95. The summed E-state index contributed by atoms with van der Waals surface area (Å²) in [6.45, 7) is 5.04. The second-order valence-corrected chi connectivity index (χ2v) is 4.89. The lowest BCUT2D eigenvalue weighted by molar-refractivity contribution is -0.141. The molecular weight excluding hydrogens is 275 g/mol. The summed E-state index contributed by atoms with van der Waals surface area (Å²) in [5, 5.41) is 8.83. The molecule has 0 heterocycles. The summed E-state index contributed by atoms with van der Waals surface area (Å²) in [7, 11) is 0. The van der Waals surface area contributed by atoms with Gasteiger partial charge in [-0.05, 0) is 43.0 Å². The molecule has 0 saturated carbocycles. The lowest BCUT2D eigenvalue weighted by Gasteiger charge is -2.13. The van der Waals surface area contributed by atoms with Crippen molar-refractivity contribution in [2.45, 2.75) is 27.2 Å². The van der Waals surface area contributed by atoms with Gasteiger partial charge in [-0.2, -0.15) is 0 Å². The van der Waals surface area contributed by atoms with Gasteiger partial charge in [0.05, 0.1) is 5.92 Å². The maximum absolute atomic E-state index is 13.9. The van der Waals surface area contributed by atoms with E-state index < -0.39 is 11.9 Å². The van der Waals surface area contributed by atoms with Crippen molar-refractivity contribution in [3.8, 4) is 0 Å². The molecule has 1 aromatic rings. The highest BCUT2D eigenvalue weighted by Gasteiger charge is 2.18. The van der Waals surface area contributed by atoms with E-state index >= 15 is 0 Å². The highest BCUT2D eigenvalue weighted by atomic mass is 79.9. The third-order valence-corrected chi connectivity index (χ3v) is 3.52. The van der Waals surface area contributed by atoms with Crippen molar-refractivity contribution in [2.24, 2.45) is 5.92 Å². The van der Waals surface area contributed by atoms with Crippen LogP contribution < -0.4 is 0 Å². The molecule has 1 N–H and O–H groups in total. The molecule has 0 aliphatic rings. The van der Waals surface area contributed by atoms with Crippen molar-refractivity contribution in [3.63, 3.8) is 0 Å². The number of carboxylic acid groups (broad SMARTS) is 1. The summed E-state index contributed by atoms with van der Waals surface area (Å²) >= 11 is 3.34. The number of carboxylic acids is 1. The minimum absolute atomic E-state index is 0.216. The molecule has 88 valence electrons. The lowest BCUT2D eigenvalue weighted by atomic mass is 9.95. The molecule has 1 aromatic carbocycles. The Balaban J connectivity index is 3.17. The number of halogens is 2. The van der Waals surface area contributed by atoms with Crippen LogP contribution in [0.3, 0.4) is 0 Å². The van der Waals surface area contributed by atoms with Gasteiger partial charge in [-0.3, -0.25) is 4.79 Å². The molecule has 0 saturated heterocycles. The Morgan fingerprint density at radius 2 is 2.12 bits per heavy atom. The number of aliphatic carboxylic acids is 1. The quantitative estimate of drug-likeness (QED) is 0.925. The van der Waals surface area contributed by atoms with E-state index in [1.165, 1.54) is 0 Å². The zero-order valence-corrected chi connectivity index (χ0v) is 11.1. The van der Waals surface area contributed by atoms with Gasteiger partial charge in [-0.1, -0.05) is 22.9 Å². The standard InChI is InChI=1S/C12H14BrFO2/c1-6-5-10(13)8(3)9(11(6)14)4-7(2)12(15)16/h5,7H,4H2,1-3H3,(H,15,16). The van der Waals surface area contributed by atoms with Gasteiger partial charge < -0.3 is 5.11 Å². The number of hydrogen-bond acceptors (Lipinski definition) is 1. The topological polar surface area (TPSA) is 37.3 Å². The first kappa shape index (κ1) is 13.2. The zero-order valence-electron chi connectivity index (χ0n) is 9.47. The van der Waals surface area contributed by atoms with Gasteiger partial charge >= 0.3 is 5.97 Å². The molecule has 0 aromatic heterocycles. The fourth-order valence-corrected chi connectivity index (χ4v) is 2.13. The fraction of sp³-hybridized carbons (Fsp3) is 0.417. The summed E-state index contributed by atoms with van der Waals surface area (Å²) in [5.74, 6) is -1.79. The molecule has 0 radical (unpaired) electrons. The normalized spacial score (nSPS) is 12.6. The van der Waals surface area contributed by atoms with Gasteiger partial charge in [0.25, 0.3) is 0 Å². The van der Waals surface area contributed by atoms with Gasteiger partial charge in [-0.25, -0.2) is 4.39 Å². The van der Waals surface area contributed by atoms with Gasteiger partial charge in [0.1, 0.15) is 5.82 Å². The van der Waals surface area contributed by atoms with E-state index in [1.54, 1.807) is 26.8 Å². The van der Waals surface area contributed by atoms with Gasteiger partial charge in [-0.15, -0.1) is 0 Å². The minimum atomic E-state index is -0.906. The zero-order chi connectivity index (χ0) is 12.5. The van der Waals surface area contributed by atoms with E-state index in [2.05, 4.69) is 15.9 Å². The van der Waals surface area contributed by atoms with E-state index in [0.29, 0.717) is 11.1 Å². The summed E-state index contributed by atoms with van der Waals surface area (Å²) in [5.41, 5.74) is 1.79. The number of hydrogen-bond donors (Lipinski definition) is 1. The van der Waals surface area contributed by atoms with Crippen molar-refractivity contribution in [1.29, 1.82) is 0 Å². The van der Waals surface area contributed by atoms with E-state index in [4.69, 9.17) is 5.11 Å². The average molecular weight is 289 g/mol. The van der Waals surface area contributed by atoms with E-state index in [9.17, 15) is 9.18 Å². The van der Waals surface area contributed by atoms with Crippen molar-refractivity contribution in [1.82, 2.24) is 0 Å². The molecule has 0 amide bonds. The van der Waals surface area contributed by atoms with Crippen molar-refractivity contribution >= 4 is 21.9 Å². The molecule has 2 nitrogen and oxygen atoms in total. The van der Waals surface area contributed by atoms with E-state index in [1.807, 2.05) is 0 Å². The second-order valence-electron chi connectivity index (χ2n) is 4.04. The smallest absolute Gasteiger partial charge is 0.306 e. The fourth-order valence-electron chi connectivity index (χ4n) is 1.54. The van der Waals surface area contributed by atoms with E-state index in [-0.39, 0.29) is 12.2 Å². The van der Waals surface area contributed by atoms with Gasteiger partial charge in [0, 0.05) is 4.47 Å². The van der Waals surface area contributed by atoms with Crippen LogP contribution >= 0.6 is 15.9 Å². The summed E-state index contributed by atoms with van der Waals surface area (Å²) in [6.07, 6.45) is 0.216. The van der Waals surface area contributed by atoms with Crippen LogP contribution in [0.25, 0.3) is 0 Å². The molecule has 0 fully saturated rings. The summed E-state index contributed by atoms with van der Waals surface area (Å²) < 4.78 is 14.7. The SMILES string of the molecule is Cc1cc(Br)c(C)c(CC(C)C(=O)O)c1F. The Kier molecular flexibility index (Phi) is 4.08. The highest BCUT2D eigenvalue weighted by molar-refractivity contribution is 9.10. The molecule has 0 bridgehead atoms. The Bertz CT molecular complexity index is 403. The first-order chi connectivity index (χ1) is 7.34. The number of carbonyl (C=O) groups is 1. The van der Waals surface area contributed by atoms with Gasteiger partial charge in [0.2, 0.25) is 0 Å². The molecule has 1 atom stereocenters. The minimum Gasteiger partial charge on any atom is -0.481 e. The van der Waals surface area contributed by atoms with Crippen molar-refractivity contribution < 1.29 is 14.3 Å². The van der Waals surface area contributed by atoms with Crippen LogP contribution in [-0.4, -0.2) is 11.1 Å². The first-order valence-corrected chi connectivity index (χ1v) is 5.80. The van der Waals surface area contributed by atoms with Crippen LogP contribution in [0.1, 0.15) is 23.6 Å². The maximum Gasteiger partial charge on any atom is 0.306 e. The Morgan fingerprint density at radius 1 is 1.56 bits per heavy atom. The van der Waals surface area contributed by atoms with Crippen LogP contribution in [0.5, 0.6) is 0 Å². The maximum atomic E-state index is 13.9. The largest absolute Gasteiger partial charge is 0.481 e. The predicted octanol–water partition coefficient (Wildman–Crippen LogP) is 3.47. The van der Waals surface area contributed by atoms with Crippen LogP contribution in [0, 0.1) is 25.6 Å². The molecule has 4 heteroatoms. The third-order valence-electron chi connectivity index (χ3n) is 2.70. The molecule has 1 rings (SSSR count). The third kappa shape index (κ3) is 2.61. The molecule has 16 heavy (non-hydrogen) atoms. The number of rotatable bonds is 3. The Morgan fingerprint density at radius 3 is 2.62 bits per heavy atom. The molecule has 0 aliphatic heterocycles. The first-order valence-electron chi connectivity index (χ1n) is 5.01. The van der Waals surface area contributed by atoms with Crippen LogP contribution in [0.4, 0.5) is 4.39 Å². The van der Waals surface area contributed by atoms with Crippen molar-refractivity contribution in [3.05, 3.63) is 33.0 Å². The molecular formula is C12H14BrFO2. The van der Waals surface area contributed by atoms with Crippen LogP contribution in [0.2, 0.25) is 0 Å². The molecule has 0 aliphatic carbocycles. The number of aryl methyl sites for hydroxylation is 1. The Labute approximate surface area is 103 Å². The predicted molar refractivity (Wildman–Crippen MR) is 64.1 cm³/mol. The average Bonchev–Trinajstić information content (AvgIpc) is 2.21. The molecule has 1 unspecified atom stereocenters.